The molecule has 0 amide bonds. The van der Waals surface area contributed by atoms with Crippen LogP contribution in [-0.4, -0.2) is 15.0 Å². The Hall–Kier alpha value is -11.9. The number of aromatic nitrogens is 3. The van der Waals surface area contributed by atoms with E-state index in [-0.39, 0.29) is 20.1 Å². The minimum Gasteiger partial charge on any atom is -0.310 e. The second-order valence-corrected chi connectivity index (χ2v) is 21.8. The summed E-state index contributed by atoms with van der Waals surface area (Å²) in [6.45, 7) is 0. The van der Waals surface area contributed by atoms with E-state index in [2.05, 4.69) is 303 Å². The molecule has 0 saturated heterocycles. The fourth-order valence-electron chi connectivity index (χ4n) is 11.2. The van der Waals surface area contributed by atoms with Gasteiger partial charge in [0.05, 0.1) is 0 Å². The van der Waals surface area contributed by atoms with Gasteiger partial charge in [-0.05, 0) is 178 Å². The van der Waals surface area contributed by atoms with Crippen LogP contribution in [0.1, 0.15) is 0 Å². The summed E-state index contributed by atoms with van der Waals surface area (Å²) >= 11 is 0. The van der Waals surface area contributed by atoms with Crippen LogP contribution in [0.25, 0.3) is 67.2 Å². The number of anilines is 9. The van der Waals surface area contributed by atoms with E-state index in [0.717, 1.165) is 118 Å². The average molecular weight is 1380 g/mol. The molecule has 94 heavy (non-hydrogen) atoms. The zero-order valence-corrected chi connectivity index (χ0v) is 53.8. The van der Waals surface area contributed by atoms with Crippen molar-refractivity contribution in [2.24, 2.45) is 0 Å². The standard InChI is InChI=1S/3C29H21N2.Ir/c3*1-4-11-23(12-5-1)29-22-25(19-20-30-29)24-13-10-18-28(21-24)31(26-14-6-2-7-15-26)27-16-8-3-9-17-27;/h3*1-11,13-22H;/q3*-1;+3. The van der Waals surface area contributed by atoms with Crippen molar-refractivity contribution in [1.82, 2.24) is 15.0 Å². The molecule has 0 N–H and O–H groups in total. The Bertz CT molecular complexity index is 4180. The maximum absolute atomic E-state index is 4.55. The molecule has 0 atom stereocenters. The molecule has 6 nitrogen and oxygen atoms in total. The van der Waals surface area contributed by atoms with Crippen molar-refractivity contribution in [3.8, 4) is 67.2 Å². The number of rotatable bonds is 15. The van der Waals surface area contributed by atoms with Crippen LogP contribution in [0, 0.1) is 18.2 Å². The molecule has 15 aromatic rings. The number of pyridine rings is 3. The van der Waals surface area contributed by atoms with Gasteiger partial charge >= 0.3 is 20.1 Å². The SMILES string of the molecule is [Ir+3].[c-]1ccccc1-c1cc(-c2cccc(N(c3ccccc3)c3ccccc3)c2)ccn1.[c-]1ccccc1-c1cc(-c2cccc(N(c3ccccc3)c3ccccc3)c2)ccn1.[c-]1ccccc1-c1cc(-c2cccc(N(c3ccccc3)c3ccccc3)c2)ccn1. The maximum atomic E-state index is 4.55. The third-order valence-corrected chi connectivity index (χ3v) is 15.6. The molecule has 0 unspecified atom stereocenters. The summed E-state index contributed by atoms with van der Waals surface area (Å²) in [4.78, 5) is 20.5. The second-order valence-electron chi connectivity index (χ2n) is 21.8. The van der Waals surface area contributed by atoms with Crippen molar-refractivity contribution < 1.29 is 20.1 Å². The van der Waals surface area contributed by atoms with Gasteiger partial charge in [-0.3, -0.25) is 0 Å². The molecule has 15 rings (SSSR count). The number of hydrogen-bond acceptors (Lipinski definition) is 6. The molecule has 0 aliphatic rings. The Morgan fingerprint density at radius 3 is 0.628 bits per heavy atom. The molecule has 0 fully saturated rings. The van der Waals surface area contributed by atoms with Gasteiger partial charge in [0.25, 0.3) is 0 Å². The predicted molar refractivity (Wildman–Crippen MR) is 386 cm³/mol. The van der Waals surface area contributed by atoms with Gasteiger partial charge in [0.15, 0.2) is 0 Å². The summed E-state index contributed by atoms with van der Waals surface area (Å²) in [5.41, 5.74) is 22.7. The van der Waals surface area contributed by atoms with Crippen LogP contribution in [0.4, 0.5) is 51.2 Å². The molecular weight excluding hydrogens is 1320 g/mol. The molecule has 0 aliphatic heterocycles. The molecule has 450 valence electrons. The minimum atomic E-state index is 0. The quantitative estimate of drug-likeness (QED) is 0.0954. The average Bonchev–Trinajstić information content (AvgIpc) is 0.885. The largest absolute Gasteiger partial charge is 3.00 e. The van der Waals surface area contributed by atoms with Crippen molar-refractivity contribution in [3.05, 3.63) is 401 Å². The summed E-state index contributed by atoms with van der Waals surface area (Å²) in [7, 11) is 0. The first-order chi connectivity index (χ1) is 46.1. The van der Waals surface area contributed by atoms with E-state index in [9.17, 15) is 0 Å². The molecule has 3 heterocycles. The Kier molecular flexibility index (Phi) is 20.7. The Labute approximate surface area is 565 Å². The molecule has 7 heteroatoms. The fourth-order valence-corrected chi connectivity index (χ4v) is 11.2. The Balaban J connectivity index is 0.000000135. The first kappa shape index (κ1) is 62.3. The van der Waals surface area contributed by atoms with Crippen molar-refractivity contribution in [3.63, 3.8) is 0 Å². The maximum Gasteiger partial charge on any atom is 3.00 e. The number of benzene rings is 12. The van der Waals surface area contributed by atoms with E-state index in [1.807, 2.05) is 128 Å². The van der Waals surface area contributed by atoms with Gasteiger partial charge in [0, 0.05) is 69.8 Å². The van der Waals surface area contributed by atoms with Crippen molar-refractivity contribution in [2.75, 3.05) is 14.7 Å². The fraction of sp³-hybridized carbons (Fsp3) is 0. The van der Waals surface area contributed by atoms with Gasteiger partial charge in [0.1, 0.15) is 0 Å². The van der Waals surface area contributed by atoms with E-state index in [1.54, 1.807) is 0 Å². The van der Waals surface area contributed by atoms with Crippen molar-refractivity contribution in [1.29, 1.82) is 0 Å². The van der Waals surface area contributed by atoms with Gasteiger partial charge in [-0.1, -0.05) is 164 Å². The van der Waals surface area contributed by atoms with Gasteiger partial charge < -0.3 is 29.7 Å². The smallest absolute Gasteiger partial charge is 0.310 e. The molecule has 0 aliphatic carbocycles. The van der Waals surface area contributed by atoms with Gasteiger partial charge in [-0.25, -0.2) is 0 Å². The molecular formula is C87H63IrN6. The summed E-state index contributed by atoms with van der Waals surface area (Å²) in [6, 6.07) is 135. The topological polar surface area (TPSA) is 48.4 Å². The summed E-state index contributed by atoms with van der Waals surface area (Å²) in [5.74, 6) is 0. The second kappa shape index (κ2) is 31.2. The van der Waals surface area contributed by atoms with E-state index >= 15 is 0 Å². The molecule has 0 bridgehead atoms. The third kappa shape index (κ3) is 15.5. The number of nitrogens with zero attached hydrogens (tertiary/aromatic N) is 6. The van der Waals surface area contributed by atoms with Crippen LogP contribution in [0.15, 0.2) is 383 Å². The Morgan fingerprint density at radius 1 is 0.191 bits per heavy atom. The van der Waals surface area contributed by atoms with Crippen LogP contribution in [0.3, 0.4) is 0 Å². The van der Waals surface area contributed by atoms with E-state index in [0.29, 0.717) is 0 Å². The normalized spacial score (nSPS) is 10.5. The number of hydrogen-bond donors (Lipinski definition) is 0. The van der Waals surface area contributed by atoms with Crippen molar-refractivity contribution >= 4 is 51.2 Å². The zero-order chi connectivity index (χ0) is 62.6. The first-order valence-electron chi connectivity index (χ1n) is 31.0. The molecule has 0 saturated carbocycles. The molecule has 3 aromatic heterocycles. The first-order valence-corrected chi connectivity index (χ1v) is 31.0. The van der Waals surface area contributed by atoms with Crippen molar-refractivity contribution in [2.45, 2.75) is 0 Å². The number of para-hydroxylation sites is 6. The summed E-state index contributed by atoms with van der Waals surface area (Å²) in [5, 5.41) is 0. The van der Waals surface area contributed by atoms with E-state index < -0.39 is 0 Å². The Morgan fingerprint density at radius 2 is 0.404 bits per heavy atom. The zero-order valence-electron chi connectivity index (χ0n) is 51.4. The minimum absolute atomic E-state index is 0. The van der Waals surface area contributed by atoms with Crippen LogP contribution < -0.4 is 14.7 Å². The van der Waals surface area contributed by atoms with Gasteiger partial charge in [-0.2, -0.15) is 0 Å². The summed E-state index contributed by atoms with van der Waals surface area (Å²) < 4.78 is 0. The van der Waals surface area contributed by atoms with Crippen LogP contribution in [0.2, 0.25) is 0 Å². The molecule has 12 aromatic carbocycles. The van der Waals surface area contributed by atoms with Crippen LogP contribution in [0.5, 0.6) is 0 Å². The van der Waals surface area contributed by atoms with Gasteiger partial charge in [-0.15, -0.1) is 108 Å². The monoisotopic (exact) mass is 1380 g/mol. The predicted octanol–water partition coefficient (Wildman–Crippen LogP) is 23.1. The van der Waals surface area contributed by atoms with E-state index in [4.69, 9.17) is 0 Å². The molecule has 0 spiro atoms. The van der Waals surface area contributed by atoms with Gasteiger partial charge in [0.2, 0.25) is 0 Å². The third-order valence-electron chi connectivity index (χ3n) is 15.6. The summed E-state index contributed by atoms with van der Waals surface area (Å²) in [6.07, 6.45) is 5.60. The van der Waals surface area contributed by atoms with Crippen LogP contribution >= 0.6 is 0 Å². The van der Waals surface area contributed by atoms with E-state index in [1.165, 1.54) is 0 Å². The van der Waals surface area contributed by atoms with Crippen LogP contribution in [-0.2, 0) is 20.1 Å². The molecule has 0 radical (unpaired) electrons.